The van der Waals surface area contributed by atoms with Gasteiger partial charge in [-0.1, -0.05) is 56.5 Å². The van der Waals surface area contributed by atoms with Gasteiger partial charge in [-0.2, -0.15) is 0 Å². The second kappa shape index (κ2) is 9.54. The first-order valence-corrected chi connectivity index (χ1v) is 7.73. The minimum atomic E-state index is -0.413. The molecule has 0 bridgehead atoms. The van der Waals surface area contributed by atoms with E-state index in [0.717, 1.165) is 19.3 Å². The zero-order valence-corrected chi connectivity index (χ0v) is 12.8. The first-order valence-electron chi connectivity index (χ1n) is 7.73. The van der Waals surface area contributed by atoms with Gasteiger partial charge in [-0.3, -0.25) is 4.79 Å². The van der Waals surface area contributed by atoms with E-state index >= 15 is 0 Å². The summed E-state index contributed by atoms with van der Waals surface area (Å²) in [7, 11) is 0. The van der Waals surface area contributed by atoms with Crippen LogP contribution in [-0.2, 0) is 11.2 Å². The van der Waals surface area contributed by atoms with Crippen LogP contribution in [0.2, 0.25) is 0 Å². The molecule has 0 radical (unpaired) electrons. The van der Waals surface area contributed by atoms with Crippen molar-refractivity contribution in [1.82, 2.24) is 5.32 Å². The van der Waals surface area contributed by atoms with E-state index in [1.54, 1.807) is 0 Å². The molecule has 0 spiro atoms. The Hall–Kier alpha value is -1.35. The number of aryl methyl sites for hydroxylation is 1. The van der Waals surface area contributed by atoms with E-state index in [-0.39, 0.29) is 11.9 Å². The highest BCUT2D eigenvalue weighted by Crippen LogP contribution is 2.06. The van der Waals surface area contributed by atoms with Gasteiger partial charge in [-0.15, -0.1) is 0 Å². The average Bonchev–Trinajstić information content (AvgIpc) is 2.46. The van der Waals surface area contributed by atoms with Crippen LogP contribution in [0, 0.1) is 0 Å². The zero-order chi connectivity index (χ0) is 14.8. The second-order valence-corrected chi connectivity index (χ2v) is 5.54. The van der Waals surface area contributed by atoms with Crippen molar-refractivity contribution in [2.75, 3.05) is 0 Å². The first kappa shape index (κ1) is 16.7. The normalized spacial score (nSPS) is 13.8. The number of hydrogen-bond acceptors (Lipinski definition) is 2. The molecule has 0 saturated heterocycles. The summed E-state index contributed by atoms with van der Waals surface area (Å²) in [4.78, 5) is 12.0. The molecule has 112 valence electrons. The van der Waals surface area contributed by atoms with Crippen LogP contribution in [0.25, 0.3) is 0 Å². The summed E-state index contributed by atoms with van der Waals surface area (Å²) < 4.78 is 0. The van der Waals surface area contributed by atoms with Gasteiger partial charge in [0.1, 0.15) is 0 Å². The molecule has 2 atom stereocenters. The lowest BCUT2D eigenvalue weighted by atomic mass is 10.0. The van der Waals surface area contributed by atoms with Gasteiger partial charge in [0.2, 0.25) is 5.91 Å². The first-order chi connectivity index (χ1) is 9.63. The number of benzene rings is 1. The topological polar surface area (TPSA) is 55.1 Å². The lowest BCUT2D eigenvalue weighted by Gasteiger charge is -2.17. The molecule has 1 rings (SSSR count). The van der Waals surface area contributed by atoms with Crippen molar-refractivity contribution in [3.05, 3.63) is 35.9 Å². The highest BCUT2D eigenvalue weighted by atomic mass is 16.2. The Morgan fingerprint density at radius 1 is 1.20 bits per heavy atom. The molecule has 0 aliphatic heterocycles. The monoisotopic (exact) mass is 276 g/mol. The van der Waals surface area contributed by atoms with Crippen molar-refractivity contribution in [1.29, 1.82) is 0 Å². The minimum absolute atomic E-state index is 0.0232. The van der Waals surface area contributed by atoms with E-state index in [1.807, 2.05) is 18.2 Å². The molecule has 1 aromatic carbocycles. The molecule has 1 unspecified atom stereocenters. The number of hydrogen-bond donors (Lipinski definition) is 2. The molecule has 3 N–H and O–H groups in total. The van der Waals surface area contributed by atoms with Gasteiger partial charge in [0.05, 0.1) is 6.04 Å². The summed E-state index contributed by atoms with van der Waals surface area (Å²) in [6.07, 6.45) is 6.16. The number of nitrogens with one attached hydrogen (secondary N) is 1. The van der Waals surface area contributed by atoms with Crippen LogP contribution in [-0.4, -0.2) is 18.0 Å². The molecule has 0 heterocycles. The molecule has 0 aliphatic carbocycles. The van der Waals surface area contributed by atoms with Gasteiger partial charge >= 0.3 is 0 Å². The fraction of sp³-hybridized carbons (Fsp3) is 0.588. The molecule has 0 fully saturated rings. The summed E-state index contributed by atoms with van der Waals surface area (Å²) in [6, 6.07) is 9.96. The summed E-state index contributed by atoms with van der Waals surface area (Å²) in [5.74, 6) is -0.0232. The van der Waals surface area contributed by atoms with Crippen molar-refractivity contribution in [3.63, 3.8) is 0 Å². The number of carbonyl (C=O) groups excluding carboxylic acids is 1. The molecule has 3 heteroatoms. The summed E-state index contributed by atoms with van der Waals surface area (Å²) in [6.45, 7) is 4.24. The third kappa shape index (κ3) is 6.71. The Morgan fingerprint density at radius 3 is 2.55 bits per heavy atom. The van der Waals surface area contributed by atoms with Crippen molar-refractivity contribution < 1.29 is 4.79 Å². The maximum Gasteiger partial charge on any atom is 0.237 e. The van der Waals surface area contributed by atoms with Crippen LogP contribution >= 0.6 is 0 Å². The Balaban J connectivity index is 2.25. The standard InChI is InChI=1S/C17H28N2O/c1-3-4-6-9-14(2)19-17(20)16(18)13-12-15-10-7-5-8-11-15/h5,7-8,10-11,14,16H,3-4,6,9,12-13,18H2,1-2H3,(H,19,20)/t14?,16-/m0/s1. The van der Waals surface area contributed by atoms with Crippen LogP contribution in [0.3, 0.4) is 0 Å². The Kier molecular flexibility index (Phi) is 7.97. The number of amides is 1. The number of carbonyl (C=O) groups is 1. The lowest BCUT2D eigenvalue weighted by Crippen LogP contribution is -2.44. The molecule has 1 aromatic rings. The van der Waals surface area contributed by atoms with E-state index in [9.17, 15) is 4.79 Å². The number of rotatable bonds is 9. The molecule has 0 aromatic heterocycles. The predicted molar refractivity (Wildman–Crippen MR) is 84.5 cm³/mol. The molecule has 3 nitrogen and oxygen atoms in total. The lowest BCUT2D eigenvalue weighted by molar-refractivity contribution is -0.123. The smallest absolute Gasteiger partial charge is 0.237 e. The SMILES string of the molecule is CCCCCC(C)NC(=O)[C@@H](N)CCc1ccccc1. The van der Waals surface area contributed by atoms with E-state index in [0.29, 0.717) is 6.42 Å². The molecular formula is C17H28N2O. The highest BCUT2D eigenvalue weighted by Gasteiger charge is 2.15. The summed E-state index contributed by atoms with van der Waals surface area (Å²) >= 11 is 0. The van der Waals surface area contributed by atoms with E-state index in [4.69, 9.17) is 5.73 Å². The maximum atomic E-state index is 12.0. The second-order valence-electron chi connectivity index (χ2n) is 5.54. The van der Waals surface area contributed by atoms with Crippen LogP contribution in [0.5, 0.6) is 0 Å². The maximum absolute atomic E-state index is 12.0. The van der Waals surface area contributed by atoms with Crippen molar-refractivity contribution in [3.8, 4) is 0 Å². The van der Waals surface area contributed by atoms with E-state index in [2.05, 4.69) is 31.3 Å². The third-order valence-electron chi connectivity index (χ3n) is 3.55. The molecule has 0 aliphatic rings. The van der Waals surface area contributed by atoms with Gasteiger partial charge < -0.3 is 11.1 Å². The van der Waals surface area contributed by atoms with Gasteiger partial charge in [0.25, 0.3) is 0 Å². The highest BCUT2D eigenvalue weighted by molar-refractivity contribution is 5.81. The van der Waals surface area contributed by atoms with Crippen LogP contribution in [0.1, 0.15) is 51.5 Å². The predicted octanol–water partition coefficient (Wildman–Crippen LogP) is 3.03. The van der Waals surface area contributed by atoms with E-state index in [1.165, 1.54) is 18.4 Å². The quantitative estimate of drug-likeness (QED) is 0.681. The number of unbranched alkanes of at least 4 members (excludes halogenated alkanes) is 2. The average molecular weight is 276 g/mol. The Morgan fingerprint density at radius 2 is 1.90 bits per heavy atom. The molecule has 1 amide bonds. The van der Waals surface area contributed by atoms with Crippen LogP contribution in [0.4, 0.5) is 0 Å². The minimum Gasteiger partial charge on any atom is -0.352 e. The summed E-state index contributed by atoms with van der Waals surface area (Å²) in [5, 5.41) is 3.01. The van der Waals surface area contributed by atoms with Gasteiger partial charge in [0.15, 0.2) is 0 Å². The van der Waals surface area contributed by atoms with Gasteiger partial charge in [0, 0.05) is 6.04 Å². The van der Waals surface area contributed by atoms with Gasteiger partial charge in [-0.05, 0) is 31.7 Å². The fourth-order valence-corrected chi connectivity index (χ4v) is 2.22. The molecular weight excluding hydrogens is 248 g/mol. The largest absolute Gasteiger partial charge is 0.352 e. The van der Waals surface area contributed by atoms with Gasteiger partial charge in [-0.25, -0.2) is 0 Å². The van der Waals surface area contributed by atoms with Crippen LogP contribution in [0.15, 0.2) is 30.3 Å². The third-order valence-corrected chi connectivity index (χ3v) is 3.55. The zero-order valence-electron chi connectivity index (χ0n) is 12.8. The van der Waals surface area contributed by atoms with E-state index < -0.39 is 6.04 Å². The molecule has 20 heavy (non-hydrogen) atoms. The van der Waals surface area contributed by atoms with Crippen molar-refractivity contribution >= 4 is 5.91 Å². The Labute approximate surface area is 122 Å². The fourth-order valence-electron chi connectivity index (χ4n) is 2.22. The van der Waals surface area contributed by atoms with Crippen molar-refractivity contribution in [2.24, 2.45) is 5.73 Å². The number of nitrogens with two attached hydrogens (primary N) is 1. The van der Waals surface area contributed by atoms with Crippen molar-refractivity contribution in [2.45, 2.75) is 64.5 Å². The van der Waals surface area contributed by atoms with Crippen LogP contribution < -0.4 is 11.1 Å². The Bertz CT molecular complexity index is 378. The molecule has 0 saturated carbocycles. The summed E-state index contributed by atoms with van der Waals surface area (Å²) in [5.41, 5.74) is 7.18.